The van der Waals surface area contributed by atoms with E-state index in [1.807, 2.05) is 65.0 Å². The van der Waals surface area contributed by atoms with Crippen molar-refractivity contribution in [1.82, 2.24) is 0 Å². The van der Waals surface area contributed by atoms with Crippen molar-refractivity contribution in [2.75, 3.05) is 0 Å². The molecule has 0 saturated heterocycles. The first-order valence-electron chi connectivity index (χ1n) is 8.69. The lowest BCUT2D eigenvalue weighted by atomic mass is 9.89. The summed E-state index contributed by atoms with van der Waals surface area (Å²) in [5.41, 5.74) is 0.332. The van der Waals surface area contributed by atoms with Gasteiger partial charge in [0.25, 0.3) is 0 Å². The highest BCUT2D eigenvalue weighted by molar-refractivity contribution is 5.85. The van der Waals surface area contributed by atoms with Crippen molar-refractivity contribution < 1.29 is 14.3 Å². The van der Waals surface area contributed by atoms with Crippen LogP contribution in [0.4, 0.5) is 0 Å². The molecule has 0 bridgehead atoms. The molecular weight excluding hydrogens is 312 g/mol. The van der Waals surface area contributed by atoms with Gasteiger partial charge in [-0.2, -0.15) is 0 Å². The van der Waals surface area contributed by atoms with E-state index in [1.54, 1.807) is 0 Å². The van der Waals surface area contributed by atoms with E-state index in [-0.39, 0.29) is 0 Å². The van der Waals surface area contributed by atoms with Crippen LogP contribution in [0.15, 0.2) is 58.5 Å². The highest BCUT2D eigenvalue weighted by atomic mass is 16.4. The number of benzene rings is 1. The first-order valence-corrected chi connectivity index (χ1v) is 8.69. The quantitative estimate of drug-likeness (QED) is 0.762. The van der Waals surface area contributed by atoms with Crippen LogP contribution in [0.25, 0.3) is 0 Å². The van der Waals surface area contributed by atoms with Crippen LogP contribution in [0, 0.1) is 10.8 Å². The van der Waals surface area contributed by atoms with Crippen LogP contribution in [-0.2, 0) is 16.6 Å². The summed E-state index contributed by atoms with van der Waals surface area (Å²) >= 11 is 0. The highest BCUT2D eigenvalue weighted by Gasteiger charge is 2.84. The zero-order chi connectivity index (χ0) is 18.5. The summed E-state index contributed by atoms with van der Waals surface area (Å²) < 4.78 is 6.19. The summed E-state index contributed by atoms with van der Waals surface area (Å²) in [7, 11) is 0. The van der Waals surface area contributed by atoms with E-state index in [9.17, 15) is 9.90 Å². The predicted octanol–water partition coefficient (Wildman–Crippen LogP) is 5.21. The Balaban J connectivity index is 2.03. The summed E-state index contributed by atoms with van der Waals surface area (Å²) in [5, 5.41) is 9.93. The van der Waals surface area contributed by atoms with Gasteiger partial charge in [0.2, 0.25) is 0 Å². The molecule has 1 aromatic heterocycles. The first-order chi connectivity index (χ1) is 11.7. The molecule has 1 saturated carbocycles. The molecule has 3 heteroatoms. The van der Waals surface area contributed by atoms with Gasteiger partial charge in [0.1, 0.15) is 11.5 Å². The maximum absolute atomic E-state index is 12.1. The average molecular weight is 338 g/mol. The Hall–Kier alpha value is -2.29. The van der Waals surface area contributed by atoms with Crippen LogP contribution in [0.2, 0.25) is 0 Å². The maximum Gasteiger partial charge on any atom is 0.311 e. The molecular formula is C22H26O3. The van der Waals surface area contributed by atoms with Gasteiger partial charge in [-0.1, -0.05) is 55.8 Å². The van der Waals surface area contributed by atoms with Gasteiger partial charge in [-0.05, 0) is 43.9 Å². The molecule has 0 spiro atoms. The minimum Gasteiger partial charge on any atom is -0.481 e. The van der Waals surface area contributed by atoms with Crippen LogP contribution in [-0.4, -0.2) is 11.1 Å². The highest BCUT2D eigenvalue weighted by Crippen LogP contribution is 2.79. The van der Waals surface area contributed by atoms with Crippen LogP contribution < -0.4 is 0 Å². The Morgan fingerprint density at radius 1 is 1.08 bits per heavy atom. The zero-order valence-corrected chi connectivity index (χ0v) is 15.6. The van der Waals surface area contributed by atoms with Gasteiger partial charge in [0.15, 0.2) is 0 Å². The lowest BCUT2D eigenvalue weighted by Crippen LogP contribution is -2.22. The van der Waals surface area contributed by atoms with Gasteiger partial charge in [-0.15, -0.1) is 0 Å². The van der Waals surface area contributed by atoms with Crippen molar-refractivity contribution in [3.63, 3.8) is 0 Å². The Bertz CT molecular complexity index is 824. The summed E-state index contributed by atoms with van der Waals surface area (Å²) in [6.45, 7) is 9.87. The number of allylic oxidation sites excluding steroid dienone is 2. The van der Waals surface area contributed by atoms with E-state index in [2.05, 4.69) is 18.2 Å². The number of carboxylic acid groups (broad SMARTS) is 1. The minimum atomic E-state index is -0.890. The maximum atomic E-state index is 12.1. The molecule has 2 atom stereocenters. The average Bonchev–Trinajstić information content (AvgIpc) is 2.85. The van der Waals surface area contributed by atoms with Gasteiger partial charge in [-0.3, -0.25) is 4.79 Å². The number of carbonyl (C=O) groups is 1. The molecule has 0 aliphatic heterocycles. The van der Waals surface area contributed by atoms with Crippen LogP contribution in [0.1, 0.15) is 51.7 Å². The largest absolute Gasteiger partial charge is 0.481 e. The second-order valence-corrected chi connectivity index (χ2v) is 8.01. The first kappa shape index (κ1) is 17.5. The lowest BCUT2D eigenvalue weighted by Gasteiger charge is -2.16. The molecule has 1 aromatic carbocycles. The van der Waals surface area contributed by atoms with E-state index in [4.69, 9.17) is 4.42 Å². The SMILES string of the molecule is CC(C)=CC1(c2ccc(Cc3ccccc3)o2)C(C)(C)C1(C)C(=O)O. The van der Waals surface area contributed by atoms with E-state index < -0.39 is 22.2 Å². The molecule has 132 valence electrons. The lowest BCUT2D eigenvalue weighted by molar-refractivity contribution is -0.144. The summed E-state index contributed by atoms with van der Waals surface area (Å²) in [4.78, 5) is 12.1. The standard InChI is InChI=1S/C22H26O3/c1-15(2)14-22(20(3,4)21(22,5)19(23)24)18-12-11-17(25-18)13-16-9-7-6-8-10-16/h6-12,14H,13H2,1-5H3,(H,23,24). The summed E-state index contributed by atoms with van der Waals surface area (Å²) in [5.74, 6) is 0.823. The van der Waals surface area contributed by atoms with Crippen molar-refractivity contribution in [3.8, 4) is 0 Å². The Morgan fingerprint density at radius 3 is 2.24 bits per heavy atom. The fraction of sp³-hybridized carbons (Fsp3) is 0.409. The number of furan rings is 1. The number of hydrogen-bond acceptors (Lipinski definition) is 2. The van der Waals surface area contributed by atoms with Crippen molar-refractivity contribution in [2.45, 2.75) is 46.5 Å². The molecule has 1 aliphatic carbocycles. The Kier molecular flexibility index (Phi) is 3.94. The van der Waals surface area contributed by atoms with E-state index in [0.717, 1.165) is 17.1 Å². The third-order valence-electron chi connectivity index (χ3n) is 6.17. The molecule has 2 aromatic rings. The van der Waals surface area contributed by atoms with Gasteiger partial charge < -0.3 is 9.52 Å². The van der Waals surface area contributed by atoms with Gasteiger partial charge in [0.05, 0.1) is 10.8 Å². The number of carboxylic acids is 1. The monoisotopic (exact) mass is 338 g/mol. The molecule has 1 fully saturated rings. The molecule has 1 aliphatic rings. The normalized spacial score (nSPS) is 26.9. The third kappa shape index (κ3) is 2.29. The molecule has 1 N–H and O–H groups in total. The number of hydrogen-bond donors (Lipinski definition) is 1. The Labute approximate surface area is 149 Å². The third-order valence-corrected chi connectivity index (χ3v) is 6.17. The second-order valence-electron chi connectivity index (χ2n) is 8.01. The Morgan fingerprint density at radius 2 is 1.72 bits per heavy atom. The zero-order valence-electron chi connectivity index (χ0n) is 15.6. The molecule has 2 unspecified atom stereocenters. The van der Waals surface area contributed by atoms with Crippen LogP contribution in [0.5, 0.6) is 0 Å². The predicted molar refractivity (Wildman–Crippen MR) is 98.6 cm³/mol. The van der Waals surface area contributed by atoms with Crippen molar-refractivity contribution in [3.05, 3.63) is 71.2 Å². The number of aliphatic carboxylic acids is 1. The minimum absolute atomic E-state index is 0.426. The number of rotatable bonds is 5. The molecule has 3 rings (SSSR count). The summed E-state index contributed by atoms with van der Waals surface area (Å²) in [6, 6.07) is 14.1. The van der Waals surface area contributed by atoms with Crippen molar-refractivity contribution >= 4 is 5.97 Å². The molecule has 3 nitrogen and oxygen atoms in total. The molecule has 0 amide bonds. The van der Waals surface area contributed by atoms with E-state index in [0.29, 0.717) is 6.42 Å². The fourth-order valence-electron chi connectivity index (χ4n) is 4.43. The molecule has 1 heterocycles. The van der Waals surface area contributed by atoms with Crippen LogP contribution in [0.3, 0.4) is 0 Å². The fourth-order valence-corrected chi connectivity index (χ4v) is 4.43. The van der Waals surface area contributed by atoms with Crippen LogP contribution >= 0.6 is 0 Å². The second kappa shape index (κ2) is 5.62. The van der Waals surface area contributed by atoms with Crippen molar-refractivity contribution in [2.24, 2.45) is 10.8 Å². The van der Waals surface area contributed by atoms with E-state index >= 15 is 0 Å². The topological polar surface area (TPSA) is 50.4 Å². The van der Waals surface area contributed by atoms with Gasteiger partial charge in [0, 0.05) is 6.42 Å². The summed E-state index contributed by atoms with van der Waals surface area (Å²) in [6.07, 6.45) is 2.78. The van der Waals surface area contributed by atoms with E-state index in [1.165, 1.54) is 5.56 Å². The smallest absolute Gasteiger partial charge is 0.311 e. The van der Waals surface area contributed by atoms with Gasteiger partial charge in [-0.25, -0.2) is 0 Å². The van der Waals surface area contributed by atoms with Gasteiger partial charge >= 0.3 is 5.97 Å². The van der Waals surface area contributed by atoms with Crippen molar-refractivity contribution in [1.29, 1.82) is 0 Å². The molecule has 25 heavy (non-hydrogen) atoms. The molecule has 0 radical (unpaired) electrons.